The van der Waals surface area contributed by atoms with Gasteiger partial charge >= 0.3 is 0 Å². The highest BCUT2D eigenvalue weighted by Crippen LogP contribution is 2.28. The molecule has 0 spiro atoms. The first-order chi connectivity index (χ1) is 9.91. The topological polar surface area (TPSA) is 84.2 Å². The van der Waals surface area contributed by atoms with Crippen molar-refractivity contribution in [1.29, 1.82) is 0 Å². The first-order valence-electron chi connectivity index (χ1n) is 6.68. The van der Waals surface area contributed by atoms with E-state index < -0.39 is 10.0 Å². The number of rotatable bonds is 9. The highest BCUT2D eigenvalue weighted by molar-refractivity contribution is 7.99. The van der Waals surface area contributed by atoms with Gasteiger partial charge in [-0.1, -0.05) is 32.1 Å². The van der Waals surface area contributed by atoms with E-state index in [9.17, 15) is 8.42 Å². The standard InChI is InChI=1S/C13H21N3O2S3/c1-3-16-21(17,18)9-8-15-10-6-5-7-11(20-4-2)12(10)13(14)19/h5-7,15-16H,3-4,8-9H2,1-2H3,(H2,14,19). The van der Waals surface area contributed by atoms with Gasteiger partial charge in [0.15, 0.2) is 0 Å². The van der Waals surface area contributed by atoms with Crippen molar-refractivity contribution in [2.75, 3.05) is 29.9 Å². The van der Waals surface area contributed by atoms with Gasteiger partial charge in [0.1, 0.15) is 4.99 Å². The van der Waals surface area contributed by atoms with E-state index in [-0.39, 0.29) is 5.75 Å². The number of benzene rings is 1. The third-order valence-corrected chi connectivity index (χ3v) is 5.24. The van der Waals surface area contributed by atoms with Crippen LogP contribution in [0.4, 0.5) is 5.69 Å². The molecule has 21 heavy (non-hydrogen) atoms. The average Bonchev–Trinajstić information content (AvgIpc) is 2.38. The fourth-order valence-electron chi connectivity index (χ4n) is 1.82. The maximum absolute atomic E-state index is 11.6. The Bertz CT molecular complexity index is 588. The Morgan fingerprint density at radius 3 is 2.67 bits per heavy atom. The molecule has 0 aliphatic heterocycles. The summed E-state index contributed by atoms with van der Waals surface area (Å²) in [7, 11) is -3.24. The summed E-state index contributed by atoms with van der Waals surface area (Å²) in [5, 5.41) is 3.11. The van der Waals surface area contributed by atoms with Gasteiger partial charge in [0.25, 0.3) is 0 Å². The monoisotopic (exact) mass is 347 g/mol. The summed E-state index contributed by atoms with van der Waals surface area (Å²) >= 11 is 6.76. The van der Waals surface area contributed by atoms with Crippen LogP contribution in [0.15, 0.2) is 23.1 Å². The van der Waals surface area contributed by atoms with Crippen molar-refractivity contribution in [2.24, 2.45) is 5.73 Å². The summed E-state index contributed by atoms with van der Waals surface area (Å²) in [5.41, 5.74) is 7.35. The van der Waals surface area contributed by atoms with Crippen molar-refractivity contribution in [1.82, 2.24) is 4.72 Å². The van der Waals surface area contributed by atoms with Crippen LogP contribution in [0.2, 0.25) is 0 Å². The fraction of sp³-hybridized carbons (Fsp3) is 0.462. The highest BCUT2D eigenvalue weighted by atomic mass is 32.2. The Balaban J connectivity index is 2.84. The van der Waals surface area contributed by atoms with Gasteiger partial charge in [0.2, 0.25) is 10.0 Å². The lowest BCUT2D eigenvalue weighted by Crippen LogP contribution is -2.29. The number of hydrogen-bond donors (Lipinski definition) is 3. The molecule has 8 heteroatoms. The Morgan fingerprint density at radius 2 is 2.10 bits per heavy atom. The fourth-order valence-corrected chi connectivity index (χ4v) is 3.91. The number of anilines is 1. The average molecular weight is 348 g/mol. The molecule has 0 atom stereocenters. The van der Waals surface area contributed by atoms with E-state index in [4.69, 9.17) is 18.0 Å². The molecule has 118 valence electrons. The van der Waals surface area contributed by atoms with Gasteiger partial charge in [-0.25, -0.2) is 13.1 Å². The minimum absolute atomic E-state index is 0.00274. The minimum atomic E-state index is -3.24. The molecule has 1 aromatic rings. The van der Waals surface area contributed by atoms with E-state index >= 15 is 0 Å². The second kappa shape index (κ2) is 8.57. The van der Waals surface area contributed by atoms with Crippen LogP contribution in [0.25, 0.3) is 0 Å². The summed E-state index contributed by atoms with van der Waals surface area (Å²) in [6.45, 7) is 4.49. The maximum Gasteiger partial charge on any atom is 0.213 e. The highest BCUT2D eigenvalue weighted by Gasteiger charge is 2.12. The summed E-state index contributed by atoms with van der Waals surface area (Å²) < 4.78 is 25.7. The van der Waals surface area contributed by atoms with Crippen molar-refractivity contribution < 1.29 is 8.42 Å². The van der Waals surface area contributed by atoms with E-state index in [0.717, 1.165) is 21.9 Å². The van der Waals surface area contributed by atoms with Crippen molar-refractivity contribution in [2.45, 2.75) is 18.7 Å². The van der Waals surface area contributed by atoms with Gasteiger partial charge < -0.3 is 11.1 Å². The molecule has 0 bridgehead atoms. The Labute approximate surface area is 136 Å². The largest absolute Gasteiger partial charge is 0.389 e. The van der Waals surface area contributed by atoms with Crippen molar-refractivity contribution in [3.05, 3.63) is 23.8 Å². The summed E-state index contributed by atoms with van der Waals surface area (Å²) in [4.78, 5) is 1.31. The normalized spacial score (nSPS) is 11.3. The molecule has 0 heterocycles. The number of hydrogen-bond acceptors (Lipinski definition) is 5. The summed E-state index contributed by atoms with van der Waals surface area (Å²) in [5.74, 6) is 0.913. The smallest absolute Gasteiger partial charge is 0.213 e. The van der Waals surface area contributed by atoms with Crippen LogP contribution in [0, 0.1) is 0 Å². The lowest BCUT2D eigenvalue weighted by molar-refractivity contribution is 0.584. The van der Waals surface area contributed by atoms with Crippen LogP contribution in [-0.4, -0.2) is 38.0 Å². The molecule has 0 aliphatic carbocycles. The van der Waals surface area contributed by atoms with E-state index in [2.05, 4.69) is 17.0 Å². The maximum atomic E-state index is 11.6. The molecule has 0 saturated heterocycles. The molecule has 0 fully saturated rings. The van der Waals surface area contributed by atoms with Crippen LogP contribution in [0.1, 0.15) is 19.4 Å². The van der Waals surface area contributed by atoms with Crippen LogP contribution in [0.5, 0.6) is 0 Å². The quantitative estimate of drug-likeness (QED) is 0.466. The molecule has 5 nitrogen and oxygen atoms in total. The van der Waals surface area contributed by atoms with Crippen LogP contribution < -0.4 is 15.8 Å². The number of nitrogens with one attached hydrogen (secondary N) is 2. The predicted octanol–water partition coefficient (Wildman–Crippen LogP) is 1.78. The third kappa shape index (κ3) is 5.82. The first kappa shape index (κ1) is 18.2. The molecule has 0 aromatic heterocycles. The molecule has 4 N–H and O–H groups in total. The number of sulfonamides is 1. The van der Waals surface area contributed by atoms with E-state index in [1.54, 1.807) is 18.7 Å². The first-order valence-corrected chi connectivity index (χ1v) is 9.72. The van der Waals surface area contributed by atoms with E-state index in [0.29, 0.717) is 18.1 Å². The second-order valence-corrected chi connectivity index (χ2v) is 7.89. The van der Waals surface area contributed by atoms with Gasteiger partial charge in [-0.3, -0.25) is 0 Å². The second-order valence-electron chi connectivity index (χ2n) is 4.22. The van der Waals surface area contributed by atoms with Crippen molar-refractivity contribution in [3.63, 3.8) is 0 Å². The third-order valence-electron chi connectivity index (χ3n) is 2.62. The molecule has 1 aromatic carbocycles. The zero-order valence-corrected chi connectivity index (χ0v) is 14.6. The molecular weight excluding hydrogens is 326 g/mol. The summed E-state index contributed by atoms with van der Waals surface area (Å²) in [6, 6.07) is 5.72. The Morgan fingerprint density at radius 1 is 1.38 bits per heavy atom. The summed E-state index contributed by atoms with van der Waals surface area (Å²) in [6.07, 6.45) is 0. The van der Waals surface area contributed by atoms with Crippen LogP contribution >= 0.6 is 24.0 Å². The van der Waals surface area contributed by atoms with Gasteiger partial charge in [-0.05, 0) is 17.9 Å². The van der Waals surface area contributed by atoms with Gasteiger partial charge in [0, 0.05) is 29.2 Å². The van der Waals surface area contributed by atoms with Gasteiger partial charge in [-0.15, -0.1) is 11.8 Å². The minimum Gasteiger partial charge on any atom is -0.389 e. The Hall–Kier alpha value is -0.830. The molecular formula is C13H21N3O2S3. The molecule has 0 radical (unpaired) electrons. The number of thiocarbonyl (C=S) groups is 1. The van der Waals surface area contributed by atoms with Crippen LogP contribution in [-0.2, 0) is 10.0 Å². The van der Waals surface area contributed by atoms with Gasteiger partial charge in [-0.2, -0.15) is 0 Å². The lowest BCUT2D eigenvalue weighted by atomic mass is 10.1. The Kier molecular flexibility index (Phi) is 7.44. The van der Waals surface area contributed by atoms with Crippen molar-refractivity contribution in [3.8, 4) is 0 Å². The zero-order chi connectivity index (χ0) is 15.9. The van der Waals surface area contributed by atoms with Crippen LogP contribution in [0.3, 0.4) is 0 Å². The molecule has 0 aliphatic rings. The van der Waals surface area contributed by atoms with E-state index in [1.807, 2.05) is 18.2 Å². The SMILES string of the molecule is CCNS(=O)(=O)CCNc1cccc(SCC)c1C(N)=S. The van der Waals surface area contributed by atoms with Gasteiger partial charge in [0.05, 0.1) is 5.75 Å². The number of nitrogens with two attached hydrogens (primary N) is 1. The molecule has 1 rings (SSSR count). The van der Waals surface area contributed by atoms with Crippen molar-refractivity contribution >= 4 is 44.7 Å². The molecule has 0 unspecified atom stereocenters. The lowest BCUT2D eigenvalue weighted by Gasteiger charge is -2.15. The number of thioether (sulfide) groups is 1. The molecule has 0 saturated carbocycles. The molecule has 0 amide bonds. The predicted molar refractivity (Wildman–Crippen MR) is 94.7 cm³/mol. The zero-order valence-electron chi connectivity index (χ0n) is 12.2. The van der Waals surface area contributed by atoms with E-state index in [1.165, 1.54) is 0 Å².